The Morgan fingerprint density at radius 3 is 2.53 bits per heavy atom. The normalized spacial score (nSPS) is 20.0. The smallest absolute Gasteiger partial charge is 0.261 e. The molecule has 1 atom stereocenters. The molecule has 8 heteroatoms. The Morgan fingerprint density at radius 1 is 1.27 bits per heavy atom. The van der Waals surface area contributed by atoms with Gasteiger partial charge in [-0.1, -0.05) is 20.3 Å². The predicted molar refractivity (Wildman–Crippen MR) is 125 cm³/mol. The lowest BCUT2D eigenvalue weighted by atomic mass is 9.98. The van der Waals surface area contributed by atoms with Gasteiger partial charge in [0.15, 0.2) is 0 Å². The first kappa shape index (κ1) is 22.0. The van der Waals surface area contributed by atoms with Crippen molar-refractivity contribution in [3.05, 3.63) is 38.3 Å². The van der Waals surface area contributed by atoms with Crippen molar-refractivity contribution < 1.29 is 9.29 Å². The molecule has 0 radical (unpaired) electrons. The van der Waals surface area contributed by atoms with E-state index in [1.165, 1.54) is 0 Å². The van der Waals surface area contributed by atoms with Crippen LogP contribution in [0.25, 0.3) is 10.9 Å². The molecule has 0 spiro atoms. The van der Waals surface area contributed by atoms with Crippen LogP contribution >= 0.6 is 15.9 Å². The van der Waals surface area contributed by atoms with E-state index in [1.807, 2.05) is 44.4 Å². The highest BCUT2D eigenvalue weighted by molar-refractivity contribution is 9.10. The van der Waals surface area contributed by atoms with Crippen LogP contribution in [0.1, 0.15) is 76.7 Å². The number of benzene rings is 1. The lowest BCUT2D eigenvalue weighted by Gasteiger charge is -2.25. The molecule has 1 aliphatic carbocycles. The van der Waals surface area contributed by atoms with Crippen LogP contribution in [0.2, 0.25) is 0 Å². The van der Waals surface area contributed by atoms with Gasteiger partial charge in [0.05, 0.1) is 16.6 Å². The molecule has 0 unspecified atom stereocenters. The third kappa shape index (κ3) is 4.38. The van der Waals surface area contributed by atoms with Gasteiger partial charge in [-0.15, -0.1) is 0 Å². The quantitative estimate of drug-likeness (QED) is 0.458. The molecule has 1 saturated carbocycles. The molecule has 0 bridgehead atoms. The maximum atomic E-state index is 13.6. The van der Waals surface area contributed by atoms with E-state index in [2.05, 4.69) is 20.3 Å². The first-order valence-corrected chi connectivity index (χ1v) is 12.4. The summed E-state index contributed by atoms with van der Waals surface area (Å²) in [6.45, 7) is 8.92. The number of hydrogen-bond donors (Lipinski definition) is 0. The SMILES string of the molecule is C/C(=N\[S@+]([O-])C(C)(C)C)c1cc(Br)cc2c(=O)n(C3CC3)c(C3CCOCC3)nc12. The summed E-state index contributed by atoms with van der Waals surface area (Å²) < 4.78 is 24.9. The van der Waals surface area contributed by atoms with Crippen LogP contribution in [-0.4, -0.2) is 37.8 Å². The molecular formula is C22H28BrN3O3S. The van der Waals surface area contributed by atoms with Crippen LogP contribution in [0.5, 0.6) is 0 Å². The second kappa shape index (κ2) is 8.37. The topological polar surface area (TPSA) is 79.5 Å². The molecule has 0 N–H and O–H groups in total. The van der Waals surface area contributed by atoms with Gasteiger partial charge in [0, 0.05) is 35.2 Å². The molecule has 162 valence electrons. The molecule has 1 saturated heterocycles. The standard InChI is InChI=1S/C22H28BrN3O3S/c1-13(25-30(28)22(2,3)4)17-11-15(23)12-18-19(17)24-20(14-7-9-29-10-8-14)26(21(18)27)16-5-6-16/h11-12,14,16H,5-10H2,1-4H3/b25-13+/t30-/m1/s1. The van der Waals surface area contributed by atoms with Gasteiger partial charge in [-0.2, -0.15) is 0 Å². The van der Waals surface area contributed by atoms with Crippen molar-refractivity contribution >= 4 is 43.9 Å². The largest absolute Gasteiger partial charge is 0.591 e. The number of halogens is 1. The van der Waals surface area contributed by atoms with Gasteiger partial charge in [-0.25, -0.2) is 4.98 Å². The summed E-state index contributed by atoms with van der Waals surface area (Å²) >= 11 is 2.15. The van der Waals surface area contributed by atoms with Crippen LogP contribution < -0.4 is 5.56 Å². The van der Waals surface area contributed by atoms with Crippen molar-refractivity contribution in [1.82, 2.24) is 9.55 Å². The number of ether oxygens (including phenoxy) is 1. The van der Waals surface area contributed by atoms with E-state index in [4.69, 9.17) is 9.72 Å². The molecule has 30 heavy (non-hydrogen) atoms. The summed E-state index contributed by atoms with van der Waals surface area (Å²) in [6.07, 6.45) is 3.79. The second-order valence-corrected chi connectivity index (χ2v) is 12.0. The zero-order chi connectivity index (χ0) is 21.6. The highest BCUT2D eigenvalue weighted by Gasteiger charge is 2.33. The van der Waals surface area contributed by atoms with Gasteiger partial charge in [0.2, 0.25) is 0 Å². The van der Waals surface area contributed by atoms with Crippen molar-refractivity contribution in [2.45, 2.75) is 70.1 Å². The first-order chi connectivity index (χ1) is 14.2. The van der Waals surface area contributed by atoms with Crippen molar-refractivity contribution in [3.8, 4) is 0 Å². The summed E-state index contributed by atoms with van der Waals surface area (Å²) in [5, 5.41) is 0.582. The Kier molecular flexibility index (Phi) is 6.14. The number of hydrogen-bond acceptors (Lipinski definition) is 5. The maximum Gasteiger partial charge on any atom is 0.261 e. The number of nitrogens with zero attached hydrogens (tertiary/aromatic N) is 3. The minimum atomic E-state index is -1.39. The second-order valence-electron chi connectivity index (χ2n) is 9.15. The van der Waals surface area contributed by atoms with Crippen molar-refractivity contribution in [2.75, 3.05) is 13.2 Å². The van der Waals surface area contributed by atoms with E-state index in [-0.39, 0.29) is 17.5 Å². The molecule has 1 aromatic carbocycles. The zero-order valence-electron chi connectivity index (χ0n) is 17.9. The Bertz CT molecular complexity index is 1050. The molecule has 1 aliphatic heterocycles. The highest BCUT2D eigenvalue weighted by atomic mass is 79.9. The third-order valence-electron chi connectivity index (χ3n) is 5.63. The van der Waals surface area contributed by atoms with E-state index >= 15 is 0 Å². The Balaban J connectivity index is 1.93. The molecule has 2 aromatic rings. The minimum absolute atomic E-state index is 0.0104. The molecule has 4 rings (SSSR count). The number of aromatic nitrogens is 2. The average Bonchev–Trinajstić information content (AvgIpc) is 3.52. The monoisotopic (exact) mass is 493 g/mol. The Morgan fingerprint density at radius 2 is 1.93 bits per heavy atom. The van der Waals surface area contributed by atoms with Crippen LogP contribution in [0, 0.1) is 0 Å². The van der Waals surface area contributed by atoms with E-state index in [0.717, 1.165) is 41.5 Å². The summed E-state index contributed by atoms with van der Waals surface area (Å²) in [7, 11) is 0. The molecule has 2 aliphatic rings. The minimum Gasteiger partial charge on any atom is -0.591 e. The Hall–Kier alpha value is -1.22. The molecule has 2 heterocycles. The lowest BCUT2D eigenvalue weighted by Crippen LogP contribution is -2.29. The van der Waals surface area contributed by atoms with Gasteiger partial charge < -0.3 is 9.29 Å². The maximum absolute atomic E-state index is 13.6. The van der Waals surface area contributed by atoms with Crippen molar-refractivity contribution in [3.63, 3.8) is 0 Å². The highest BCUT2D eigenvalue weighted by Crippen LogP contribution is 2.38. The van der Waals surface area contributed by atoms with Gasteiger partial charge in [0.25, 0.3) is 5.56 Å². The van der Waals surface area contributed by atoms with Gasteiger partial charge in [-0.05, 0) is 65.5 Å². The lowest BCUT2D eigenvalue weighted by molar-refractivity contribution is 0.0825. The fraction of sp³-hybridized carbons (Fsp3) is 0.591. The third-order valence-corrected chi connectivity index (χ3v) is 7.57. The summed E-state index contributed by atoms with van der Waals surface area (Å²) in [4.78, 5) is 18.6. The number of fused-ring (bicyclic) bond motifs is 1. The molecule has 1 aromatic heterocycles. The van der Waals surface area contributed by atoms with Gasteiger partial charge >= 0.3 is 0 Å². The molecule has 2 fully saturated rings. The number of rotatable bonds is 4. The van der Waals surface area contributed by atoms with Crippen molar-refractivity contribution in [2.24, 2.45) is 4.40 Å². The fourth-order valence-corrected chi connectivity index (χ4v) is 4.88. The van der Waals surface area contributed by atoms with Crippen LogP contribution in [-0.2, 0) is 16.1 Å². The van der Waals surface area contributed by atoms with Gasteiger partial charge in [0.1, 0.15) is 21.9 Å². The van der Waals surface area contributed by atoms with E-state index in [0.29, 0.717) is 29.8 Å². The van der Waals surface area contributed by atoms with Crippen LogP contribution in [0.4, 0.5) is 0 Å². The van der Waals surface area contributed by atoms with E-state index < -0.39 is 16.1 Å². The van der Waals surface area contributed by atoms with Gasteiger partial charge in [-0.3, -0.25) is 9.36 Å². The van der Waals surface area contributed by atoms with Crippen LogP contribution in [0.3, 0.4) is 0 Å². The van der Waals surface area contributed by atoms with Crippen molar-refractivity contribution in [1.29, 1.82) is 0 Å². The first-order valence-electron chi connectivity index (χ1n) is 10.5. The summed E-state index contributed by atoms with van der Waals surface area (Å²) in [6, 6.07) is 4.01. The average molecular weight is 494 g/mol. The summed E-state index contributed by atoms with van der Waals surface area (Å²) in [5.41, 5.74) is 2.04. The molecule has 0 amide bonds. The van der Waals surface area contributed by atoms with Crippen LogP contribution in [0.15, 0.2) is 25.8 Å². The van der Waals surface area contributed by atoms with E-state index in [1.54, 1.807) is 0 Å². The summed E-state index contributed by atoms with van der Waals surface area (Å²) in [5.74, 6) is 1.08. The predicted octanol–water partition coefficient (Wildman–Crippen LogP) is 4.66. The zero-order valence-corrected chi connectivity index (χ0v) is 20.3. The molecular weight excluding hydrogens is 466 g/mol. The van der Waals surface area contributed by atoms with E-state index in [9.17, 15) is 9.35 Å². The molecule has 6 nitrogen and oxygen atoms in total. The Labute approximate surface area is 188 Å². The fourth-order valence-electron chi connectivity index (χ4n) is 3.80.